The normalized spacial score (nSPS) is 17.0. The average molecular weight is 436 g/mol. The first-order chi connectivity index (χ1) is 12.4. The number of imide groups is 1. The number of carbonyl (C=O) groups excluding carboxylic acids is 3. The Hall–Kier alpha value is -2.32. The van der Waals surface area contributed by atoms with Crippen LogP contribution in [0.3, 0.4) is 0 Å². The number of furan rings is 1. The maximum Gasteiger partial charge on any atom is 0.328 e. The number of amides is 2. The van der Waals surface area contributed by atoms with Gasteiger partial charge in [-0.25, -0.2) is 4.79 Å². The van der Waals surface area contributed by atoms with Gasteiger partial charge in [0.05, 0.1) is 12.0 Å². The number of carbonyl (C=O) groups is 3. The second kappa shape index (κ2) is 7.51. The van der Waals surface area contributed by atoms with Crippen LogP contribution >= 0.6 is 27.7 Å². The summed E-state index contributed by atoms with van der Waals surface area (Å²) in [6, 6.07) is 10.1. The van der Waals surface area contributed by atoms with E-state index < -0.39 is 23.2 Å². The number of hydrogen-bond acceptors (Lipinski definition) is 6. The Balaban J connectivity index is 1.83. The molecule has 1 fully saturated rings. The van der Waals surface area contributed by atoms with Gasteiger partial charge in [-0.1, -0.05) is 28.1 Å². The van der Waals surface area contributed by atoms with Crippen molar-refractivity contribution in [3.8, 4) is 11.3 Å². The van der Waals surface area contributed by atoms with Gasteiger partial charge in [-0.2, -0.15) is 0 Å². The minimum absolute atomic E-state index is 0.197. The van der Waals surface area contributed by atoms with Gasteiger partial charge >= 0.3 is 5.97 Å². The Labute approximate surface area is 162 Å². The van der Waals surface area contributed by atoms with Crippen LogP contribution in [0, 0.1) is 0 Å². The van der Waals surface area contributed by atoms with Crippen LogP contribution < -0.4 is 0 Å². The van der Waals surface area contributed by atoms with Crippen LogP contribution in [0.25, 0.3) is 17.4 Å². The van der Waals surface area contributed by atoms with E-state index in [0.29, 0.717) is 11.5 Å². The van der Waals surface area contributed by atoms with Gasteiger partial charge < -0.3 is 9.15 Å². The zero-order chi connectivity index (χ0) is 18.8. The molecule has 2 heterocycles. The lowest BCUT2D eigenvalue weighted by Crippen LogP contribution is -2.42. The molecule has 0 aliphatic carbocycles. The summed E-state index contributed by atoms with van der Waals surface area (Å²) in [4.78, 5) is 37.3. The number of methoxy groups -OCH3 is 1. The number of nitrogens with zero attached hydrogens (tertiary/aromatic N) is 1. The molecule has 0 saturated carbocycles. The minimum atomic E-state index is -0.978. The highest BCUT2D eigenvalue weighted by Crippen LogP contribution is 2.34. The van der Waals surface area contributed by atoms with E-state index >= 15 is 0 Å². The summed E-state index contributed by atoms with van der Waals surface area (Å²) >= 11 is 4.14. The fourth-order valence-electron chi connectivity index (χ4n) is 2.42. The number of halogens is 1. The lowest BCUT2D eigenvalue weighted by molar-refractivity contribution is -0.148. The second-order valence-corrected chi connectivity index (χ2v) is 7.37. The number of benzene rings is 1. The molecule has 1 unspecified atom stereocenters. The van der Waals surface area contributed by atoms with Crippen molar-refractivity contribution >= 4 is 50.9 Å². The SMILES string of the molecule is COC(=O)C(C)N1C(=O)SC(=Cc2ccc(-c3ccc(Br)cc3)o2)C1=O. The monoisotopic (exact) mass is 435 g/mol. The van der Waals surface area contributed by atoms with Crippen molar-refractivity contribution in [3.63, 3.8) is 0 Å². The van der Waals surface area contributed by atoms with Gasteiger partial charge in [0.15, 0.2) is 0 Å². The Morgan fingerprint density at radius 1 is 1.23 bits per heavy atom. The molecule has 26 heavy (non-hydrogen) atoms. The lowest BCUT2D eigenvalue weighted by atomic mass is 10.2. The molecule has 3 rings (SSSR count). The molecular weight excluding hydrogens is 422 g/mol. The van der Waals surface area contributed by atoms with Crippen molar-refractivity contribution in [2.45, 2.75) is 13.0 Å². The summed E-state index contributed by atoms with van der Waals surface area (Å²) in [6.07, 6.45) is 1.50. The summed E-state index contributed by atoms with van der Waals surface area (Å²) < 4.78 is 11.3. The van der Waals surface area contributed by atoms with E-state index in [1.807, 2.05) is 24.3 Å². The first-order valence-electron chi connectivity index (χ1n) is 7.61. The maximum atomic E-state index is 12.5. The predicted octanol–water partition coefficient (Wildman–Crippen LogP) is 4.31. The Morgan fingerprint density at radius 2 is 1.92 bits per heavy atom. The van der Waals surface area contributed by atoms with Crippen LogP contribution in [-0.2, 0) is 14.3 Å². The predicted molar refractivity (Wildman–Crippen MR) is 101 cm³/mol. The van der Waals surface area contributed by atoms with Gasteiger partial charge in [-0.05, 0) is 43.0 Å². The van der Waals surface area contributed by atoms with Crippen molar-refractivity contribution in [2.24, 2.45) is 0 Å². The number of esters is 1. The minimum Gasteiger partial charge on any atom is -0.467 e. The van der Waals surface area contributed by atoms with E-state index in [-0.39, 0.29) is 4.91 Å². The maximum absolute atomic E-state index is 12.5. The van der Waals surface area contributed by atoms with Crippen molar-refractivity contribution in [3.05, 3.63) is 51.5 Å². The van der Waals surface area contributed by atoms with E-state index in [1.165, 1.54) is 20.1 Å². The molecule has 134 valence electrons. The van der Waals surface area contributed by atoms with Crippen LogP contribution in [0.1, 0.15) is 12.7 Å². The van der Waals surface area contributed by atoms with Crippen molar-refractivity contribution < 1.29 is 23.5 Å². The smallest absolute Gasteiger partial charge is 0.328 e. The summed E-state index contributed by atoms with van der Waals surface area (Å²) in [6.45, 7) is 1.45. The lowest BCUT2D eigenvalue weighted by Gasteiger charge is -2.18. The third-order valence-electron chi connectivity index (χ3n) is 3.78. The first-order valence-corrected chi connectivity index (χ1v) is 9.22. The van der Waals surface area contributed by atoms with Gasteiger partial charge in [0.2, 0.25) is 0 Å². The molecule has 0 N–H and O–H groups in total. The number of rotatable bonds is 4. The topological polar surface area (TPSA) is 76.8 Å². The molecule has 1 aliphatic rings. The van der Waals surface area contributed by atoms with Gasteiger partial charge in [-0.3, -0.25) is 14.5 Å². The molecule has 1 atom stereocenters. The van der Waals surface area contributed by atoms with Crippen LogP contribution in [-0.4, -0.2) is 35.2 Å². The summed E-state index contributed by atoms with van der Waals surface area (Å²) in [5.41, 5.74) is 0.889. The largest absolute Gasteiger partial charge is 0.467 e. The molecule has 1 aliphatic heterocycles. The van der Waals surface area contributed by atoms with Crippen LogP contribution in [0.5, 0.6) is 0 Å². The molecule has 1 saturated heterocycles. The van der Waals surface area contributed by atoms with Crippen molar-refractivity contribution in [2.75, 3.05) is 7.11 Å². The van der Waals surface area contributed by atoms with Crippen molar-refractivity contribution in [1.29, 1.82) is 0 Å². The third kappa shape index (κ3) is 3.61. The highest BCUT2D eigenvalue weighted by Gasteiger charge is 2.41. The van der Waals surface area contributed by atoms with Gasteiger partial charge in [0.25, 0.3) is 11.1 Å². The van der Waals surface area contributed by atoms with Crippen LogP contribution in [0.4, 0.5) is 4.79 Å². The van der Waals surface area contributed by atoms with Crippen molar-refractivity contribution in [1.82, 2.24) is 4.90 Å². The molecule has 8 heteroatoms. The first kappa shape index (κ1) is 18.5. The second-order valence-electron chi connectivity index (χ2n) is 5.46. The number of thioether (sulfide) groups is 1. The summed E-state index contributed by atoms with van der Waals surface area (Å²) in [5.74, 6) is -0.103. The summed E-state index contributed by atoms with van der Waals surface area (Å²) in [5, 5.41) is -0.515. The van der Waals surface area contributed by atoms with E-state index in [2.05, 4.69) is 20.7 Å². The zero-order valence-corrected chi connectivity index (χ0v) is 16.3. The molecule has 1 aromatic carbocycles. The molecular formula is C18H14BrNO5S. The fourth-order valence-corrected chi connectivity index (χ4v) is 3.57. The molecule has 2 amide bonds. The van der Waals surface area contributed by atoms with Gasteiger partial charge in [0, 0.05) is 16.1 Å². The number of ether oxygens (including phenoxy) is 1. The Bertz CT molecular complexity index is 903. The van der Waals surface area contributed by atoms with Gasteiger partial charge in [0.1, 0.15) is 17.6 Å². The van der Waals surface area contributed by atoms with E-state index in [9.17, 15) is 14.4 Å². The highest BCUT2D eigenvalue weighted by molar-refractivity contribution is 9.10. The number of hydrogen-bond donors (Lipinski definition) is 0. The quantitative estimate of drug-likeness (QED) is 0.525. The van der Waals surface area contributed by atoms with Crippen LogP contribution in [0.15, 0.2) is 50.2 Å². The zero-order valence-electron chi connectivity index (χ0n) is 13.9. The highest BCUT2D eigenvalue weighted by atomic mass is 79.9. The molecule has 1 aromatic heterocycles. The van der Waals surface area contributed by atoms with E-state index in [4.69, 9.17) is 4.42 Å². The summed E-state index contributed by atoms with van der Waals surface area (Å²) in [7, 11) is 1.21. The molecule has 0 bridgehead atoms. The molecule has 2 aromatic rings. The third-order valence-corrected chi connectivity index (χ3v) is 5.19. The van der Waals surface area contributed by atoms with Crippen LogP contribution in [0.2, 0.25) is 0 Å². The average Bonchev–Trinajstić information content (AvgIpc) is 3.19. The molecule has 0 spiro atoms. The fraction of sp³-hybridized carbons (Fsp3) is 0.167. The standard InChI is InChI=1S/C18H14BrNO5S/c1-10(17(22)24-2)20-16(21)15(26-18(20)23)9-13-7-8-14(25-13)11-3-5-12(19)6-4-11/h3-10H,1-2H3. The molecule has 0 radical (unpaired) electrons. The molecule has 6 nitrogen and oxygen atoms in total. The Morgan fingerprint density at radius 3 is 2.58 bits per heavy atom. The Kier molecular flexibility index (Phi) is 5.33. The van der Waals surface area contributed by atoms with E-state index in [1.54, 1.807) is 12.1 Å². The van der Waals surface area contributed by atoms with Gasteiger partial charge in [-0.15, -0.1) is 0 Å². The van der Waals surface area contributed by atoms with E-state index in [0.717, 1.165) is 26.7 Å².